The molecule has 4 nitrogen and oxygen atoms in total. The molecule has 1 heterocycles. The summed E-state index contributed by atoms with van der Waals surface area (Å²) in [7, 11) is 0. The molecule has 3 aromatic rings. The van der Waals surface area contributed by atoms with Gasteiger partial charge < -0.3 is 10.0 Å². The number of para-hydroxylation sites is 1. The summed E-state index contributed by atoms with van der Waals surface area (Å²) in [6, 6.07) is 26.1. The fourth-order valence-electron chi connectivity index (χ4n) is 3.61. The predicted molar refractivity (Wildman–Crippen MR) is 140 cm³/mol. The molecular weight excluding hydrogens is 450 g/mol. The van der Waals surface area contributed by atoms with E-state index in [2.05, 4.69) is 35.7 Å². The van der Waals surface area contributed by atoms with Crippen molar-refractivity contribution >= 4 is 69.1 Å². The Morgan fingerprint density at radius 3 is 2.03 bits per heavy atom. The molecule has 33 heavy (non-hydrogen) atoms. The number of allylic oxidation sites excluding steroid dienone is 1. The molecule has 1 saturated heterocycles. The van der Waals surface area contributed by atoms with Crippen molar-refractivity contribution in [2.24, 2.45) is 5.92 Å². The quantitative estimate of drug-likeness (QED) is 0.300. The van der Waals surface area contributed by atoms with Crippen molar-refractivity contribution in [2.75, 3.05) is 4.90 Å². The maximum absolute atomic E-state index is 12.6. The van der Waals surface area contributed by atoms with Gasteiger partial charge in [0.25, 0.3) is 0 Å². The zero-order chi connectivity index (χ0) is 23.4. The van der Waals surface area contributed by atoms with E-state index in [0.29, 0.717) is 9.10 Å². The second kappa shape index (κ2) is 9.98. The number of carboxylic acids is 1. The minimum atomic E-state index is -1.02. The summed E-state index contributed by atoms with van der Waals surface area (Å²) in [5.74, 6) is -1.98. The number of Topliss-reactive ketones (excluding diaryl/α,β-unsaturated/α-hetero) is 1. The first-order valence-corrected chi connectivity index (χ1v) is 11.6. The third kappa shape index (κ3) is 5.13. The van der Waals surface area contributed by atoms with E-state index in [1.54, 1.807) is 6.08 Å². The maximum Gasteiger partial charge on any atom is 0.304 e. The Kier molecular flexibility index (Phi) is 6.87. The van der Waals surface area contributed by atoms with Crippen LogP contribution >= 0.6 is 24.0 Å². The maximum atomic E-state index is 12.6. The van der Waals surface area contributed by atoms with Gasteiger partial charge in [0.2, 0.25) is 0 Å². The second-order valence-electron chi connectivity index (χ2n) is 7.50. The van der Waals surface area contributed by atoms with Crippen molar-refractivity contribution in [3.63, 3.8) is 0 Å². The van der Waals surface area contributed by atoms with Crippen LogP contribution in [0.15, 0.2) is 90.3 Å². The predicted octanol–water partition coefficient (Wildman–Crippen LogP) is 6.87. The zero-order valence-corrected chi connectivity index (χ0v) is 19.3. The molecule has 4 rings (SSSR count). The van der Waals surface area contributed by atoms with E-state index in [1.165, 1.54) is 11.8 Å². The Labute approximate surface area is 202 Å². The summed E-state index contributed by atoms with van der Waals surface area (Å²) in [6.45, 7) is 3.82. The van der Waals surface area contributed by atoms with Gasteiger partial charge in [0, 0.05) is 17.1 Å². The van der Waals surface area contributed by atoms with Crippen LogP contribution in [0.4, 0.5) is 17.1 Å². The molecule has 3 aromatic carbocycles. The number of nitrogens with zero attached hydrogens (tertiary/aromatic N) is 1. The van der Waals surface area contributed by atoms with E-state index < -0.39 is 11.9 Å². The largest absolute Gasteiger partial charge is 0.481 e. The van der Waals surface area contributed by atoms with Crippen LogP contribution in [0.25, 0.3) is 12.2 Å². The first-order valence-electron chi connectivity index (χ1n) is 10.3. The molecule has 6 heteroatoms. The van der Waals surface area contributed by atoms with Gasteiger partial charge in [-0.2, -0.15) is 0 Å². The van der Waals surface area contributed by atoms with Crippen molar-refractivity contribution in [2.45, 2.75) is 6.42 Å². The third-order valence-electron chi connectivity index (χ3n) is 5.28. The Morgan fingerprint density at radius 1 is 0.939 bits per heavy atom. The molecule has 0 bridgehead atoms. The highest BCUT2D eigenvalue weighted by molar-refractivity contribution is 8.27. The molecule has 1 aliphatic heterocycles. The van der Waals surface area contributed by atoms with Gasteiger partial charge in [-0.1, -0.05) is 79.1 Å². The van der Waals surface area contributed by atoms with Gasteiger partial charge in [-0.15, -0.1) is 0 Å². The number of hydrogen-bond donors (Lipinski definition) is 1. The molecule has 1 N–H and O–H groups in total. The molecule has 1 fully saturated rings. The lowest BCUT2D eigenvalue weighted by atomic mass is 10.0. The van der Waals surface area contributed by atoms with Crippen LogP contribution < -0.4 is 4.90 Å². The summed E-state index contributed by atoms with van der Waals surface area (Å²) in [4.78, 5) is 26.3. The summed E-state index contributed by atoms with van der Waals surface area (Å²) < 4.78 is 0.420. The first-order chi connectivity index (χ1) is 16.0. The Bertz CT molecular complexity index is 1230. The molecule has 164 valence electrons. The highest BCUT2D eigenvalue weighted by atomic mass is 32.2. The van der Waals surface area contributed by atoms with Gasteiger partial charge in [0.15, 0.2) is 5.78 Å². The number of carboxylic acid groups (broad SMARTS) is 1. The van der Waals surface area contributed by atoms with Crippen molar-refractivity contribution in [3.8, 4) is 0 Å². The summed E-state index contributed by atoms with van der Waals surface area (Å²) in [5.41, 5.74) is 4.91. The summed E-state index contributed by atoms with van der Waals surface area (Å²) in [5, 5.41) is 9.04. The molecule has 0 amide bonds. The number of carbonyl (C=O) groups excluding carboxylic acids is 1. The Morgan fingerprint density at radius 2 is 1.48 bits per heavy atom. The van der Waals surface area contributed by atoms with E-state index in [0.717, 1.165) is 28.2 Å². The van der Waals surface area contributed by atoms with E-state index in [1.807, 2.05) is 60.7 Å². The monoisotopic (exact) mass is 471 g/mol. The molecule has 0 saturated carbocycles. The average Bonchev–Trinajstić information content (AvgIpc) is 3.08. The van der Waals surface area contributed by atoms with Crippen LogP contribution in [0.5, 0.6) is 0 Å². The highest BCUT2D eigenvalue weighted by Gasteiger charge is 2.36. The summed E-state index contributed by atoms with van der Waals surface area (Å²) in [6.07, 6.45) is 3.32. The smallest absolute Gasteiger partial charge is 0.304 e. The van der Waals surface area contributed by atoms with Crippen LogP contribution in [0.1, 0.15) is 17.5 Å². The van der Waals surface area contributed by atoms with E-state index in [-0.39, 0.29) is 12.2 Å². The normalized spacial score (nSPS) is 16.7. The van der Waals surface area contributed by atoms with Gasteiger partial charge in [-0.05, 0) is 53.6 Å². The number of ketones is 1. The Balaban J connectivity index is 1.64. The van der Waals surface area contributed by atoms with Crippen molar-refractivity contribution in [1.82, 2.24) is 0 Å². The van der Waals surface area contributed by atoms with Gasteiger partial charge in [0.1, 0.15) is 0 Å². The van der Waals surface area contributed by atoms with Crippen LogP contribution in [-0.4, -0.2) is 21.1 Å². The second-order valence-corrected chi connectivity index (χ2v) is 9.28. The molecular formula is C27H21NO3S2. The molecule has 1 atom stereocenters. The van der Waals surface area contributed by atoms with E-state index in [9.17, 15) is 9.59 Å². The number of benzene rings is 3. The number of aliphatic carboxylic acids is 1. The van der Waals surface area contributed by atoms with Crippen molar-refractivity contribution in [1.29, 1.82) is 0 Å². The van der Waals surface area contributed by atoms with Crippen molar-refractivity contribution < 1.29 is 14.7 Å². The molecule has 0 aliphatic carbocycles. The van der Waals surface area contributed by atoms with Crippen LogP contribution in [0.2, 0.25) is 0 Å². The van der Waals surface area contributed by atoms with Crippen LogP contribution in [0, 0.1) is 5.92 Å². The van der Waals surface area contributed by atoms with Crippen LogP contribution in [-0.2, 0) is 9.59 Å². The minimum Gasteiger partial charge on any atom is -0.481 e. The van der Waals surface area contributed by atoms with Gasteiger partial charge in [-0.25, -0.2) is 0 Å². The number of rotatable bonds is 7. The minimum absolute atomic E-state index is 0.218. The third-order valence-corrected chi connectivity index (χ3v) is 6.84. The topological polar surface area (TPSA) is 57.6 Å². The number of anilines is 3. The number of hydrogen-bond acceptors (Lipinski definition) is 5. The highest BCUT2D eigenvalue weighted by Crippen LogP contribution is 2.38. The van der Waals surface area contributed by atoms with Gasteiger partial charge in [0.05, 0.1) is 21.4 Å². The number of thiocarbonyl (C=S) groups is 1. The molecule has 0 aromatic heterocycles. The molecule has 1 unspecified atom stereocenters. The van der Waals surface area contributed by atoms with Gasteiger partial charge in [-0.3, -0.25) is 9.59 Å². The summed E-state index contributed by atoms with van der Waals surface area (Å²) >= 11 is 6.42. The average molecular weight is 472 g/mol. The fraction of sp³-hybridized carbons (Fsp3) is 0.0741. The number of thioether (sulfide) groups is 1. The van der Waals surface area contributed by atoms with Crippen molar-refractivity contribution in [3.05, 3.63) is 101 Å². The van der Waals surface area contributed by atoms with E-state index in [4.69, 9.17) is 17.3 Å². The molecule has 0 radical (unpaired) electrons. The SMILES string of the molecule is C=Cc1ccc(N(c2ccccc2)c2ccc(/C=C3/SC(=S)C(CC(=O)O)C3=O)cc2)cc1. The first kappa shape index (κ1) is 22.7. The lowest BCUT2D eigenvalue weighted by Crippen LogP contribution is -2.17. The lowest BCUT2D eigenvalue weighted by molar-refractivity contribution is -0.139. The standard InChI is InChI=1S/C27H21NO3S2/c1-2-18-8-12-21(13-9-18)28(20-6-4-3-5-7-20)22-14-10-19(11-15-22)16-24-26(31)23(17-25(29)30)27(32)33-24/h2-16,23H,1,17H2,(H,29,30)/b24-16+. The molecule has 1 aliphatic rings. The van der Waals surface area contributed by atoms with Gasteiger partial charge >= 0.3 is 5.97 Å². The van der Waals surface area contributed by atoms with E-state index >= 15 is 0 Å². The zero-order valence-electron chi connectivity index (χ0n) is 17.7. The fourth-order valence-corrected chi connectivity index (χ4v) is 5.06. The lowest BCUT2D eigenvalue weighted by Gasteiger charge is -2.25. The Hall–Kier alpha value is -3.48. The molecule has 0 spiro atoms. The van der Waals surface area contributed by atoms with Crippen LogP contribution in [0.3, 0.4) is 0 Å². The number of carbonyl (C=O) groups is 2.